The van der Waals surface area contributed by atoms with Crippen molar-refractivity contribution >= 4 is 28.2 Å². The van der Waals surface area contributed by atoms with Gasteiger partial charge in [0.1, 0.15) is 0 Å². The lowest BCUT2D eigenvalue weighted by atomic mass is 10.2. The number of hydrogen-bond donors (Lipinski definition) is 1. The fourth-order valence-corrected chi connectivity index (χ4v) is 1.77. The minimum absolute atomic E-state index is 0.578. The van der Waals surface area contributed by atoms with Crippen molar-refractivity contribution in [2.24, 2.45) is 0 Å². The number of para-hydroxylation sites is 1. The highest BCUT2D eigenvalue weighted by atomic mass is 32.1. The van der Waals surface area contributed by atoms with E-state index in [9.17, 15) is 0 Å². The quantitative estimate of drug-likeness (QED) is 0.801. The van der Waals surface area contributed by atoms with Crippen LogP contribution in [0.5, 0.6) is 0 Å². The molecular formula is C12H13NOS. The van der Waals surface area contributed by atoms with Gasteiger partial charge in [-0.2, -0.15) is 0 Å². The predicted octanol–water partition coefficient (Wildman–Crippen LogP) is 3.27. The van der Waals surface area contributed by atoms with Gasteiger partial charge < -0.3 is 9.72 Å². The van der Waals surface area contributed by atoms with E-state index < -0.39 is 0 Å². The normalized spacial score (nSPS) is 10.5. The van der Waals surface area contributed by atoms with Crippen LogP contribution in [0.15, 0.2) is 30.5 Å². The van der Waals surface area contributed by atoms with Crippen LogP contribution in [-0.2, 0) is 4.74 Å². The Morgan fingerprint density at radius 2 is 2.20 bits per heavy atom. The molecule has 1 aromatic heterocycles. The molecule has 0 bridgehead atoms. The van der Waals surface area contributed by atoms with E-state index in [0.717, 1.165) is 22.9 Å². The molecule has 0 aliphatic rings. The lowest BCUT2D eigenvalue weighted by Crippen LogP contribution is -2.03. The SMILES string of the molecule is CCCOC(=S)c1c[nH]c2ccccc12. The Hall–Kier alpha value is -1.35. The predicted molar refractivity (Wildman–Crippen MR) is 66.2 cm³/mol. The van der Waals surface area contributed by atoms with Gasteiger partial charge in [0.05, 0.1) is 12.2 Å². The lowest BCUT2D eigenvalue weighted by Gasteiger charge is -2.04. The third kappa shape index (κ3) is 2.02. The Morgan fingerprint density at radius 3 is 3.00 bits per heavy atom. The van der Waals surface area contributed by atoms with Crippen molar-refractivity contribution in [1.82, 2.24) is 4.98 Å². The second-order valence-electron chi connectivity index (χ2n) is 3.38. The van der Waals surface area contributed by atoms with E-state index in [2.05, 4.69) is 11.9 Å². The number of thiocarbonyl (C=S) groups is 1. The van der Waals surface area contributed by atoms with E-state index in [1.54, 1.807) is 0 Å². The number of aromatic amines is 1. The number of fused-ring (bicyclic) bond motifs is 1. The molecule has 1 N–H and O–H groups in total. The zero-order valence-corrected chi connectivity index (χ0v) is 9.43. The number of ether oxygens (including phenoxy) is 1. The van der Waals surface area contributed by atoms with Crippen LogP contribution < -0.4 is 0 Å². The summed E-state index contributed by atoms with van der Waals surface area (Å²) in [6, 6.07) is 8.07. The second kappa shape index (κ2) is 4.45. The molecule has 3 heteroatoms. The van der Waals surface area contributed by atoms with Crippen LogP contribution in [0.3, 0.4) is 0 Å². The van der Waals surface area contributed by atoms with Gasteiger partial charge in [-0.1, -0.05) is 25.1 Å². The fraction of sp³-hybridized carbons (Fsp3) is 0.250. The van der Waals surface area contributed by atoms with Crippen molar-refractivity contribution in [2.75, 3.05) is 6.61 Å². The van der Waals surface area contributed by atoms with Crippen molar-refractivity contribution in [3.8, 4) is 0 Å². The monoisotopic (exact) mass is 219 g/mol. The number of nitrogens with one attached hydrogen (secondary N) is 1. The minimum Gasteiger partial charge on any atom is -0.483 e. The van der Waals surface area contributed by atoms with Gasteiger partial charge in [0.15, 0.2) is 5.05 Å². The fourth-order valence-electron chi connectivity index (χ4n) is 1.51. The number of aromatic nitrogens is 1. The maximum atomic E-state index is 5.46. The average molecular weight is 219 g/mol. The Labute approximate surface area is 94.3 Å². The molecule has 0 fully saturated rings. The highest BCUT2D eigenvalue weighted by molar-refractivity contribution is 7.80. The van der Waals surface area contributed by atoms with E-state index in [1.807, 2.05) is 30.5 Å². The number of rotatable bonds is 3. The van der Waals surface area contributed by atoms with Gasteiger partial charge in [0.25, 0.3) is 0 Å². The first kappa shape index (κ1) is 10.2. The first-order valence-electron chi connectivity index (χ1n) is 5.06. The Morgan fingerprint density at radius 1 is 1.40 bits per heavy atom. The number of H-pyrrole nitrogens is 1. The summed E-state index contributed by atoms with van der Waals surface area (Å²) in [7, 11) is 0. The summed E-state index contributed by atoms with van der Waals surface area (Å²) in [5, 5.41) is 1.70. The van der Waals surface area contributed by atoms with E-state index in [-0.39, 0.29) is 0 Å². The number of hydrogen-bond acceptors (Lipinski definition) is 2. The van der Waals surface area contributed by atoms with Crippen LogP contribution in [-0.4, -0.2) is 16.6 Å². The van der Waals surface area contributed by atoms with Crippen LogP contribution in [0.1, 0.15) is 18.9 Å². The molecule has 0 saturated carbocycles. The topological polar surface area (TPSA) is 25.0 Å². The first-order chi connectivity index (χ1) is 7.33. The molecule has 1 aromatic carbocycles. The van der Waals surface area contributed by atoms with Crippen molar-refractivity contribution in [3.05, 3.63) is 36.0 Å². The molecular weight excluding hydrogens is 206 g/mol. The molecule has 0 radical (unpaired) electrons. The van der Waals surface area contributed by atoms with E-state index >= 15 is 0 Å². The van der Waals surface area contributed by atoms with E-state index in [0.29, 0.717) is 11.7 Å². The summed E-state index contributed by atoms with van der Waals surface area (Å²) >= 11 is 5.22. The summed E-state index contributed by atoms with van der Waals surface area (Å²) < 4.78 is 5.46. The summed E-state index contributed by atoms with van der Waals surface area (Å²) in [4.78, 5) is 3.18. The molecule has 2 aromatic rings. The zero-order chi connectivity index (χ0) is 10.7. The van der Waals surface area contributed by atoms with Crippen molar-refractivity contribution in [3.63, 3.8) is 0 Å². The van der Waals surface area contributed by atoms with Crippen molar-refractivity contribution in [2.45, 2.75) is 13.3 Å². The van der Waals surface area contributed by atoms with Crippen molar-refractivity contribution in [1.29, 1.82) is 0 Å². The lowest BCUT2D eigenvalue weighted by molar-refractivity contribution is 0.314. The second-order valence-corrected chi connectivity index (χ2v) is 3.75. The molecule has 2 rings (SSSR count). The standard InChI is InChI=1S/C12H13NOS/c1-2-7-14-12(15)10-8-13-11-6-4-3-5-9(10)11/h3-6,8,13H,2,7H2,1H3. The van der Waals surface area contributed by atoms with Crippen LogP contribution in [0.25, 0.3) is 10.9 Å². The molecule has 2 nitrogen and oxygen atoms in total. The summed E-state index contributed by atoms with van der Waals surface area (Å²) in [6.07, 6.45) is 2.88. The molecule has 15 heavy (non-hydrogen) atoms. The molecule has 0 spiro atoms. The van der Waals surface area contributed by atoms with Gasteiger partial charge in [-0.15, -0.1) is 0 Å². The molecule has 0 amide bonds. The van der Waals surface area contributed by atoms with E-state index in [1.165, 1.54) is 0 Å². The molecule has 1 heterocycles. The average Bonchev–Trinajstić information content (AvgIpc) is 2.69. The molecule has 0 aliphatic heterocycles. The molecule has 0 aliphatic carbocycles. The van der Waals surface area contributed by atoms with E-state index in [4.69, 9.17) is 17.0 Å². The maximum absolute atomic E-state index is 5.46. The van der Waals surface area contributed by atoms with Gasteiger partial charge >= 0.3 is 0 Å². The highest BCUT2D eigenvalue weighted by Crippen LogP contribution is 2.18. The van der Waals surface area contributed by atoms with Crippen LogP contribution in [0, 0.1) is 0 Å². The largest absolute Gasteiger partial charge is 0.483 e. The summed E-state index contributed by atoms with van der Waals surface area (Å²) in [5.74, 6) is 0. The van der Waals surface area contributed by atoms with Gasteiger partial charge in [-0.3, -0.25) is 0 Å². The van der Waals surface area contributed by atoms with Crippen LogP contribution in [0.2, 0.25) is 0 Å². The van der Waals surface area contributed by atoms with Gasteiger partial charge in [0.2, 0.25) is 0 Å². The Kier molecular flexibility index (Phi) is 3.02. The molecule has 0 saturated heterocycles. The van der Waals surface area contributed by atoms with Gasteiger partial charge in [-0.05, 0) is 24.7 Å². The summed E-state index contributed by atoms with van der Waals surface area (Å²) in [5.41, 5.74) is 2.07. The maximum Gasteiger partial charge on any atom is 0.193 e. The van der Waals surface area contributed by atoms with Crippen LogP contribution in [0.4, 0.5) is 0 Å². The van der Waals surface area contributed by atoms with Gasteiger partial charge in [-0.25, -0.2) is 0 Å². The Bertz CT molecular complexity index is 475. The smallest absolute Gasteiger partial charge is 0.193 e. The summed E-state index contributed by atoms with van der Waals surface area (Å²) in [6.45, 7) is 2.75. The molecule has 0 unspecified atom stereocenters. The Balaban J connectivity index is 2.31. The number of benzene rings is 1. The van der Waals surface area contributed by atoms with Crippen molar-refractivity contribution < 1.29 is 4.74 Å². The minimum atomic E-state index is 0.578. The zero-order valence-electron chi connectivity index (χ0n) is 8.62. The third-order valence-electron chi connectivity index (χ3n) is 2.25. The molecule has 78 valence electrons. The highest BCUT2D eigenvalue weighted by Gasteiger charge is 2.08. The first-order valence-corrected chi connectivity index (χ1v) is 5.47. The third-order valence-corrected chi connectivity index (χ3v) is 2.58. The molecule has 0 atom stereocenters. The van der Waals surface area contributed by atoms with Gasteiger partial charge in [0, 0.05) is 17.1 Å². The van der Waals surface area contributed by atoms with Crippen LogP contribution >= 0.6 is 12.2 Å².